The van der Waals surface area contributed by atoms with Crippen molar-refractivity contribution in [1.29, 1.82) is 0 Å². The molecule has 0 saturated carbocycles. The van der Waals surface area contributed by atoms with Crippen LogP contribution >= 0.6 is 0 Å². The van der Waals surface area contributed by atoms with Crippen LogP contribution in [0.25, 0.3) is 0 Å². The molecule has 2 aromatic rings. The number of ether oxygens (including phenoxy) is 2. The van der Waals surface area contributed by atoms with E-state index in [1.807, 2.05) is 19.1 Å². The second-order valence-corrected chi connectivity index (χ2v) is 9.46. The summed E-state index contributed by atoms with van der Waals surface area (Å²) in [4.78, 5) is 12.4. The van der Waals surface area contributed by atoms with E-state index in [1.165, 1.54) is 12.1 Å². The zero-order chi connectivity index (χ0) is 23.3. The van der Waals surface area contributed by atoms with Crippen LogP contribution in [0.1, 0.15) is 17.5 Å². The molecular formula is C22H28N2O7S. The molecule has 1 heterocycles. The first-order chi connectivity index (χ1) is 15.2. The fraction of sp³-hybridized carbons (Fsp3) is 0.409. The van der Waals surface area contributed by atoms with Crippen LogP contribution in [0.4, 0.5) is 0 Å². The number of methoxy groups -OCH3 is 1. The third-order valence-electron chi connectivity index (χ3n) is 5.30. The number of amides is 1. The number of sulfonamides is 1. The minimum Gasteiger partial charge on any atom is -0.497 e. The van der Waals surface area contributed by atoms with Crippen LogP contribution in [0.5, 0.6) is 5.75 Å². The van der Waals surface area contributed by atoms with Gasteiger partial charge in [-0.05, 0) is 36.8 Å². The third kappa shape index (κ3) is 6.05. The normalized spacial score (nSPS) is 23.1. The van der Waals surface area contributed by atoms with E-state index in [1.54, 1.807) is 31.4 Å². The maximum absolute atomic E-state index is 12.4. The maximum atomic E-state index is 12.4. The van der Waals surface area contributed by atoms with Gasteiger partial charge in [-0.1, -0.05) is 29.8 Å². The largest absolute Gasteiger partial charge is 0.497 e. The molecule has 0 bridgehead atoms. The molecule has 174 valence electrons. The molecule has 0 aliphatic carbocycles. The highest BCUT2D eigenvalue weighted by atomic mass is 32.2. The van der Waals surface area contributed by atoms with Crippen molar-refractivity contribution in [2.75, 3.05) is 13.7 Å². The Morgan fingerprint density at radius 1 is 1.03 bits per heavy atom. The van der Waals surface area contributed by atoms with Crippen molar-refractivity contribution in [3.8, 4) is 5.75 Å². The molecule has 1 amide bonds. The van der Waals surface area contributed by atoms with Crippen molar-refractivity contribution in [3.05, 3.63) is 59.7 Å². The SMILES string of the molecule is COc1ccc(CNC(=O)CC2OC(CNS(=O)(=O)c3ccc(C)cc3)C(O)C2O)cc1. The van der Waals surface area contributed by atoms with Crippen molar-refractivity contribution >= 4 is 15.9 Å². The van der Waals surface area contributed by atoms with Gasteiger partial charge in [0.25, 0.3) is 0 Å². The second-order valence-electron chi connectivity index (χ2n) is 7.69. The van der Waals surface area contributed by atoms with Crippen LogP contribution in [0.15, 0.2) is 53.4 Å². The molecule has 10 heteroatoms. The number of rotatable bonds is 9. The monoisotopic (exact) mass is 464 g/mol. The summed E-state index contributed by atoms with van der Waals surface area (Å²) >= 11 is 0. The van der Waals surface area contributed by atoms with Crippen molar-refractivity contribution in [2.24, 2.45) is 0 Å². The molecule has 4 unspecified atom stereocenters. The molecule has 0 spiro atoms. The summed E-state index contributed by atoms with van der Waals surface area (Å²) in [5.74, 6) is 0.346. The van der Waals surface area contributed by atoms with E-state index in [0.29, 0.717) is 5.75 Å². The molecule has 2 aromatic carbocycles. The summed E-state index contributed by atoms with van der Waals surface area (Å²) < 4.78 is 37.9. The molecule has 1 fully saturated rings. The van der Waals surface area contributed by atoms with Gasteiger partial charge in [-0.15, -0.1) is 0 Å². The minimum atomic E-state index is -3.80. The van der Waals surface area contributed by atoms with Gasteiger partial charge in [0.05, 0.1) is 24.5 Å². The lowest BCUT2D eigenvalue weighted by atomic mass is 10.1. The topological polar surface area (TPSA) is 134 Å². The Morgan fingerprint density at radius 3 is 2.28 bits per heavy atom. The van der Waals surface area contributed by atoms with Crippen LogP contribution in [-0.4, -0.2) is 62.6 Å². The van der Waals surface area contributed by atoms with Crippen LogP contribution in [0.3, 0.4) is 0 Å². The minimum absolute atomic E-state index is 0.0885. The number of carbonyl (C=O) groups excluding carboxylic acids is 1. The predicted octanol–water partition coefficient (Wildman–Crippen LogP) is 0.478. The van der Waals surface area contributed by atoms with Gasteiger partial charge < -0.3 is 25.0 Å². The summed E-state index contributed by atoms with van der Waals surface area (Å²) in [6.07, 6.45) is -4.74. The molecular weight excluding hydrogens is 436 g/mol. The summed E-state index contributed by atoms with van der Waals surface area (Å²) in [5.41, 5.74) is 1.80. The van der Waals surface area contributed by atoms with Gasteiger partial charge in [0, 0.05) is 13.1 Å². The fourth-order valence-corrected chi connectivity index (χ4v) is 4.40. The van der Waals surface area contributed by atoms with Crippen LogP contribution in [0.2, 0.25) is 0 Å². The highest BCUT2D eigenvalue weighted by Gasteiger charge is 2.43. The van der Waals surface area contributed by atoms with E-state index in [2.05, 4.69) is 10.0 Å². The zero-order valence-corrected chi connectivity index (χ0v) is 18.7. The first-order valence-electron chi connectivity index (χ1n) is 10.2. The van der Waals surface area contributed by atoms with Crippen molar-refractivity contribution in [1.82, 2.24) is 10.0 Å². The van der Waals surface area contributed by atoms with Crippen molar-refractivity contribution in [2.45, 2.75) is 49.2 Å². The summed E-state index contributed by atoms with van der Waals surface area (Å²) in [5, 5.41) is 23.2. The van der Waals surface area contributed by atoms with E-state index < -0.39 is 34.4 Å². The Balaban J connectivity index is 1.50. The molecule has 3 rings (SSSR count). The highest BCUT2D eigenvalue weighted by molar-refractivity contribution is 7.89. The van der Waals surface area contributed by atoms with Crippen LogP contribution in [-0.2, 0) is 26.1 Å². The molecule has 32 heavy (non-hydrogen) atoms. The summed E-state index contributed by atoms with van der Waals surface area (Å²) in [7, 11) is -2.23. The molecule has 0 radical (unpaired) electrons. The number of hydrogen-bond acceptors (Lipinski definition) is 7. The predicted molar refractivity (Wildman–Crippen MR) is 116 cm³/mol. The Hall–Kier alpha value is -2.50. The number of benzene rings is 2. The average Bonchev–Trinajstić information content (AvgIpc) is 3.05. The fourth-order valence-electron chi connectivity index (χ4n) is 3.35. The lowest BCUT2D eigenvalue weighted by molar-refractivity contribution is -0.125. The lowest BCUT2D eigenvalue weighted by Crippen LogP contribution is -2.40. The van der Waals surface area contributed by atoms with Crippen molar-refractivity contribution < 1.29 is 32.9 Å². The molecule has 9 nitrogen and oxygen atoms in total. The molecule has 0 aromatic heterocycles. The summed E-state index contributed by atoms with van der Waals surface area (Å²) in [6, 6.07) is 13.5. The van der Waals surface area contributed by atoms with E-state index in [4.69, 9.17) is 9.47 Å². The molecule has 4 atom stereocenters. The van der Waals surface area contributed by atoms with Gasteiger partial charge in [0.1, 0.15) is 24.1 Å². The second kappa shape index (κ2) is 10.4. The highest BCUT2D eigenvalue weighted by Crippen LogP contribution is 2.24. The van der Waals surface area contributed by atoms with E-state index in [0.717, 1.165) is 11.1 Å². The molecule has 4 N–H and O–H groups in total. The molecule has 1 saturated heterocycles. The number of nitrogens with one attached hydrogen (secondary N) is 2. The smallest absolute Gasteiger partial charge is 0.240 e. The summed E-state index contributed by atoms with van der Waals surface area (Å²) in [6.45, 7) is 1.90. The van der Waals surface area contributed by atoms with Crippen molar-refractivity contribution in [3.63, 3.8) is 0 Å². The van der Waals surface area contributed by atoms with Gasteiger partial charge in [-0.3, -0.25) is 4.79 Å². The van der Waals surface area contributed by atoms with Gasteiger partial charge in [-0.25, -0.2) is 13.1 Å². The average molecular weight is 465 g/mol. The number of aliphatic hydroxyl groups excluding tert-OH is 2. The lowest BCUT2D eigenvalue weighted by Gasteiger charge is -2.15. The van der Waals surface area contributed by atoms with E-state index >= 15 is 0 Å². The first kappa shape index (κ1) is 24.1. The molecule has 1 aliphatic rings. The number of aliphatic hydroxyl groups is 2. The number of carbonyl (C=O) groups is 1. The van der Waals surface area contributed by atoms with E-state index in [-0.39, 0.29) is 30.3 Å². The zero-order valence-electron chi connectivity index (χ0n) is 17.9. The van der Waals surface area contributed by atoms with Gasteiger partial charge in [-0.2, -0.15) is 0 Å². The molecule has 1 aliphatic heterocycles. The number of hydrogen-bond donors (Lipinski definition) is 4. The van der Waals surface area contributed by atoms with E-state index in [9.17, 15) is 23.4 Å². The number of aryl methyl sites for hydroxylation is 1. The van der Waals surface area contributed by atoms with Gasteiger partial charge >= 0.3 is 0 Å². The van der Waals surface area contributed by atoms with Crippen LogP contribution < -0.4 is 14.8 Å². The Morgan fingerprint density at radius 2 is 1.66 bits per heavy atom. The van der Waals surface area contributed by atoms with Gasteiger partial charge in [0.2, 0.25) is 15.9 Å². The third-order valence-corrected chi connectivity index (χ3v) is 6.74. The standard InChI is InChI=1S/C22H28N2O7S/c1-14-3-9-17(10-4-14)32(28,29)24-13-19-22(27)21(26)18(31-19)11-20(25)23-12-15-5-7-16(30-2)8-6-15/h3-10,18-19,21-22,24,26-27H,11-13H2,1-2H3,(H,23,25). The Kier molecular flexibility index (Phi) is 7.86. The Labute approximate surface area is 187 Å². The maximum Gasteiger partial charge on any atom is 0.240 e. The first-order valence-corrected chi connectivity index (χ1v) is 11.7. The van der Waals surface area contributed by atoms with Gasteiger partial charge in [0.15, 0.2) is 0 Å². The van der Waals surface area contributed by atoms with Crippen LogP contribution in [0, 0.1) is 6.92 Å². The Bertz CT molecular complexity index is 1010. The quantitative estimate of drug-likeness (QED) is 0.424.